The third-order valence-corrected chi connectivity index (χ3v) is 3.18. The van der Waals surface area contributed by atoms with Crippen molar-refractivity contribution in [2.24, 2.45) is 10.2 Å². The third-order valence-electron chi connectivity index (χ3n) is 3.18. The second-order valence-electron chi connectivity index (χ2n) is 4.64. The van der Waals surface area contributed by atoms with Crippen LogP contribution in [-0.4, -0.2) is 22.5 Å². The lowest BCUT2D eigenvalue weighted by Crippen LogP contribution is -1.86. The Balaban J connectivity index is 1.84. The number of furan rings is 1. The molecule has 0 unspecified atom stereocenters. The van der Waals surface area contributed by atoms with Crippen LogP contribution in [0.15, 0.2) is 63.2 Å². The van der Waals surface area contributed by atoms with Gasteiger partial charge >= 0.3 is 5.88 Å². The van der Waals surface area contributed by atoms with Crippen molar-refractivity contribution in [1.29, 1.82) is 0 Å². The molecule has 0 radical (unpaired) electrons. The Morgan fingerprint density at radius 1 is 1.04 bits per heavy atom. The molecule has 0 saturated heterocycles. The molecule has 0 saturated carbocycles. The van der Waals surface area contributed by atoms with Gasteiger partial charge in [0.05, 0.1) is 18.5 Å². The van der Waals surface area contributed by atoms with Crippen LogP contribution in [0, 0.1) is 10.1 Å². The predicted molar refractivity (Wildman–Crippen MR) is 86.2 cm³/mol. The average molecular weight is 309 g/mol. The first-order chi connectivity index (χ1) is 11.1. The molecule has 1 aromatic heterocycles. The van der Waals surface area contributed by atoms with Gasteiger partial charge in [0.1, 0.15) is 10.7 Å². The lowest BCUT2D eigenvalue weighted by Gasteiger charge is -2.03. The quantitative estimate of drug-likeness (QED) is 0.452. The highest BCUT2D eigenvalue weighted by molar-refractivity contribution is 6.02. The molecule has 114 valence electrons. The Bertz CT molecular complexity index is 928. The molecule has 0 bridgehead atoms. The highest BCUT2D eigenvalue weighted by Crippen LogP contribution is 2.25. The predicted octanol–water partition coefficient (Wildman–Crippen LogP) is 3.50. The summed E-state index contributed by atoms with van der Waals surface area (Å²) in [7, 11) is 0. The standard InChI is InChI=1S/C16H11N3O4/c20-15-7-5-11-3-1-2-4-13(11)14(15)10-18-17-9-12-6-8-16(23-12)19(21)22/h1-10,20H/b17-9+,18-10+. The van der Waals surface area contributed by atoms with E-state index in [1.54, 1.807) is 6.07 Å². The van der Waals surface area contributed by atoms with Crippen LogP contribution in [-0.2, 0) is 0 Å². The summed E-state index contributed by atoms with van der Waals surface area (Å²) in [5, 5.41) is 29.9. The van der Waals surface area contributed by atoms with E-state index >= 15 is 0 Å². The van der Waals surface area contributed by atoms with Crippen LogP contribution >= 0.6 is 0 Å². The molecule has 23 heavy (non-hydrogen) atoms. The van der Waals surface area contributed by atoms with Gasteiger partial charge in [-0.05, 0) is 22.9 Å². The monoisotopic (exact) mass is 309 g/mol. The van der Waals surface area contributed by atoms with Crippen LogP contribution in [0.3, 0.4) is 0 Å². The molecule has 7 nitrogen and oxygen atoms in total. The summed E-state index contributed by atoms with van der Waals surface area (Å²) in [4.78, 5) is 9.87. The minimum Gasteiger partial charge on any atom is -0.507 e. The van der Waals surface area contributed by atoms with Crippen molar-refractivity contribution in [1.82, 2.24) is 0 Å². The molecule has 0 atom stereocenters. The maximum Gasteiger partial charge on any atom is 0.433 e. The van der Waals surface area contributed by atoms with E-state index in [4.69, 9.17) is 4.42 Å². The minimum absolute atomic E-state index is 0.0938. The molecule has 1 N–H and O–H groups in total. The van der Waals surface area contributed by atoms with Gasteiger partial charge in [-0.15, -0.1) is 0 Å². The van der Waals surface area contributed by atoms with Crippen molar-refractivity contribution in [3.05, 3.63) is 70.0 Å². The largest absolute Gasteiger partial charge is 0.507 e. The van der Waals surface area contributed by atoms with E-state index < -0.39 is 4.92 Å². The van der Waals surface area contributed by atoms with Gasteiger partial charge in [-0.3, -0.25) is 10.1 Å². The third kappa shape index (κ3) is 3.08. The molecule has 0 fully saturated rings. The van der Waals surface area contributed by atoms with Crippen molar-refractivity contribution >= 4 is 29.1 Å². The first-order valence-corrected chi connectivity index (χ1v) is 6.66. The number of phenolic OH excluding ortho intramolecular Hbond substituents is 1. The lowest BCUT2D eigenvalue weighted by atomic mass is 10.0. The average Bonchev–Trinajstić information content (AvgIpc) is 3.02. The van der Waals surface area contributed by atoms with Gasteiger partial charge in [0, 0.05) is 5.56 Å². The van der Waals surface area contributed by atoms with Gasteiger partial charge in [-0.25, -0.2) is 0 Å². The van der Waals surface area contributed by atoms with E-state index in [9.17, 15) is 15.2 Å². The van der Waals surface area contributed by atoms with Gasteiger partial charge in [-0.2, -0.15) is 10.2 Å². The molecular weight excluding hydrogens is 298 g/mol. The van der Waals surface area contributed by atoms with Gasteiger partial charge in [-0.1, -0.05) is 30.3 Å². The summed E-state index contributed by atoms with van der Waals surface area (Å²) in [5.41, 5.74) is 0.547. The number of hydrogen-bond donors (Lipinski definition) is 1. The van der Waals surface area contributed by atoms with E-state index in [2.05, 4.69) is 10.2 Å². The number of rotatable bonds is 4. The van der Waals surface area contributed by atoms with Crippen molar-refractivity contribution < 1.29 is 14.4 Å². The first kappa shape index (κ1) is 14.5. The number of phenols is 1. The highest BCUT2D eigenvalue weighted by atomic mass is 16.6. The second kappa shape index (κ2) is 6.10. The molecular formula is C16H11N3O4. The van der Waals surface area contributed by atoms with Crippen LogP contribution in [0.2, 0.25) is 0 Å². The Kier molecular flexibility index (Phi) is 3.84. The zero-order valence-corrected chi connectivity index (χ0v) is 11.8. The second-order valence-corrected chi connectivity index (χ2v) is 4.64. The fourth-order valence-electron chi connectivity index (χ4n) is 2.11. The van der Waals surface area contributed by atoms with Crippen LogP contribution in [0.25, 0.3) is 10.8 Å². The van der Waals surface area contributed by atoms with E-state index in [0.717, 1.165) is 10.8 Å². The van der Waals surface area contributed by atoms with Gasteiger partial charge in [0.2, 0.25) is 0 Å². The Labute approximate surface area is 130 Å². The molecule has 1 heterocycles. The number of hydrogen-bond acceptors (Lipinski definition) is 6. The summed E-state index contributed by atoms with van der Waals surface area (Å²) in [5.74, 6) is -0.0468. The molecule has 0 aliphatic rings. The summed E-state index contributed by atoms with van der Waals surface area (Å²) >= 11 is 0. The van der Waals surface area contributed by atoms with Crippen molar-refractivity contribution in [3.63, 3.8) is 0 Å². The Hall–Kier alpha value is -3.48. The fourth-order valence-corrected chi connectivity index (χ4v) is 2.11. The van der Waals surface area contributed by atoms with Gasteiger partial charge in [0.15, 0.2) is 5.76 Å². The molecule has 7 heteroatoms. The van der Waals surface area contributed by atoms with Crippen LogP contribution in [0.1, 0.15) is 11.3 Å². The van der Waals surface area contributed by atoms with Crippen LogP contribution in [0.4, 0.5) is 5.88 Å². The Morgan fingerprint density at radius 3 is 2.61 bits per heavy atom. The number of aromatic hydroxyl groups is 1. The summed E-state index contributed by atoms with van der Waals surface area (Å²) in [6.45, 7) is 0. The smallest absolute Gasteiger partial charge is 0.433 e. The number of benzene rings is 2. The maximum absolute atomic E-state index is 10.5. The summed E-state index contributed by atoms with van der Waals surface area (Å²) in [6.07, 6.45) is 2.68. The number of nitro groups is 1. The van der Waals surface area contributed by atoms with Crippen molar-refractivity contribution in [3.8, 4) is 5.75 Å². The normalized spacial score (nSPS) is 11.7. The SMILES string of the molecule is O=[N+]([O-])c1ccc(/C=N/N=C/c2c(O)ccc3ccccc23)o1. The molecule has 3 aromatic rings. The van der Waals surface area contributed by atoms with Crippen molar-refractivity contribution in [2.45, 2.75) is 0 Å². The van der Waals surface area contributed by atoms with E-state index in [-0.39, 0.29) is 17.4 Å². The Morgan fingerprint density at radius 2 is 1.83 bits per heavy atom. The van der Waals surface area contributed by atoms with E-state index in [1.807, 2.05) is 30.3 Å². The lowest BCUT2D eigenvalue weighted by molar-refractivity contribution is -0.402. The molecule has 0 aliphatic heterocycles. The van der Waals surface area contributed by atoms with Gasteiger partial charge in [0.25, 0.3) is 0 Å². The summed E-state index contributed by atoms with van der Waals surface area (Å²) < 4.78 is 4.92. The fraction of sp³-hybridized carbons (Fsp3) is 0. The number of fused-ring (bicyclic) bond motifs is 1. The van der Waals surface area contributed by atoms with E-state index in [1.165, 1.54) is 24.6 Å². The number of nitrogens with zero attached hydrogens (tertiary/aromatic N) is 3. The van der Waals surface area contributed by atoms with Gasteiger partial charge < -0.3 is 9.52 Å². The molecule has 0 aliphatic carbocycles. The topological polar surface area (TPSA) is 101 Å². The summed E-state index contributed by atoms with van der Waals surface area (Å²) in [6, 6.07) is 13.6. The van der Waals surface area contributed by atoms with Crippen molar-refractivity contribution in [2.75, 3.05) is 0 Å². The zero-order chi connectivity index (χ0) is 16.2. The first-order valence-electron chi connectivity index (χ1n) is 6.66. The maximum atomic E-state index is 10.5. The van der Waals surface area contributed by atoms with Crippen LogP contribution in [0.5, 0.6) is 5.75 Å². The highest BCUT2D eigenvalue weighted by Gasteiger charge is 2.10. The zero-order valence-electron chi connectivity index (χ0n) is 11.8. The molecule has 0 amide bonds. The molecule has 3 rings (SSSR count). The molecule has 2 aromatic carbocycles. The minimum atomic E-state index is -0.630. The van der Waals surface area contributed by atoms with Crippen LogP contribution < -0.4 is 0 Å². The van der Waals surface area contributed by atoms with E-state index in [0.29, 0.717) is 5.56 Å². The molecule has 0 spiro atoms.